The van der Waals surface area contributed by atoms with Crippen molar-refractivity contribution in [3.63, 3.8) is 0 Å². The number of carboxylic acids is 1. The number of halogens is 1. The second-order valence-corrected chi connectivity index (χ2v) is 3.96. The summed E-state index contributed by atoms with van der Waals surface area (Å²) in [5.74, 6) is -1.16. The summed E-state index contributed by atoms with van der Waals surface area (Å²) >= 11 is 0. The lowest BCUT2D eigenvalue weighted by Crippen LogP contribution is -2.34. The molecule has 0 aromatic heterocycles. The van der Waals surface area contributed by atoms with E-state index in [2.05, 4.69) is 0 Å². The second kappa shape index (κ2) is 8.49. The number of hydrogen-bond donors (Lipinski definition) is 3. The number of carbonyl (C=O) groups is 1. The third-order valence-electron chi connectivity index (χ3n) is 2.57. The van der Waals surface area contributed by atoms with Crippen LogP contribution in [0.1, 0.15) is 25.7 Å². The number of carboxylic acid groups (broad SMARTS) is 1. The Morgan fingerprint density at radius 1 is 1.50 bits per heavy atom. The van der Waals surface area contributed by atoms with Gasteiger partial charge in [0.15, 0.2) is 0 Å². The maximum absolute atomic E-state index is 12.0. The van der Waals surface area contributed by atoms with Gasteiger partial charge in [-0.25, -0.2) is 0 Å². The van der Waals surface area contributed by atoms with Crippen molar-refractivity contribution >= 4 is 13.0 Å². The predicted octanol–water partition coefficient (Wildman–Crippen LogP) is 0.516. The minimum Gasteiger partial charge on any atom is -0.480 e. The van der Waals surface area contributed by atoms with Gasteiger partial charge in [0.2, 0.25) is 0 Å². The van der Waals surface area contributed by atoms with Crippen LogP contribution in [0.15, 0.2) is 0 Å². The van der Waals surface area contributed by atoms with Crippen molar-refractivity contribution in [2.75, 3.05) is 13.6 Å². The molecule has 0 aromatic rings. The fourth-order valence-electron chi connectivity index (χ4n) is 1.30. The highest BCUT2D eigenvalue weighted by Crippen LogP contribution is 2.05. The van der Waals surface area contributed by atoms with Crippen LogP contribution in [-0.2, 0) is 4.79 Å². The van der Waals surface area contributed by atoms with E-state index in [0.29, 0.717) is 6.42 Å². The van der Waals surface area contributed by atoms with E-state index < -0.39 is 19.1 Å². The quantitative estimate of drug-likeness (QED) is 0.308. The highest BCUT2D eigenvalue weighted by Gasteiger charge is 2.16. The zero-order valence-corrected chi connectivity index (χ0v) is 9.82. The molecular weight excluding hydrogens is 214 g/mol. The van der Waals surface area contributed by atoms with E-state index in [9.17, 15) is 9.28 Å². The van der Waals surface area contributed by atoms with Gasteiger partial charge in [-0.05, 0) is 33.3 Å². The highest BCUT2D eigenvalue weighted by molar-refractivity contribution is 6.45. The molecule has 0 aliphatic carbocycles. The minimum absolute atomic E-state index is 0.282. The summed E-state index contributed by atoms with van der Waals surface area (Å²) in [6.45, 7) is 2.44. The Bertz CT molecular complexity index is 207. The molecule has 0 amide bonds. The monoisotopic (exact) mass is 234 g/mol. The first kappa shape index (κ1) is 15.3. The van der Waals surface area contributed by atoms with E-state index in [4.69, 9.17) is 10.1 Å². The summed E-state index contributed by atoms with van der Waals surface area (Å²) in [6.07, 6.45) is 2.62. The molecule has 94 valence electrons. The summed E-state index contributed by atoms with van der Waals surface area (Å²) in [7, 11) is 1.34. The van der Waals surface area contributed by atoms with Crippen LogP contribution in [0.25, 0.3) is 0 Å². The molecule has 0 aliphatic heterocycles. The van der Waals surface area contributed by atoms with Crippen LogP contribution in [0.5, 0.6) is 0 Å². The highest BCUT2D eigenvalue weighted by atomic mass is 19.2. The van der Waals surface area contributed by atoms with Crippen molar-refractivity contribution in [2.45, 2.75) is 38.5 Å². The van der Waals surface area contributed by atoms with Crippen molar-refractivity contribution in [3.8, 4) is 0 Å². The lowest BCUT2D eigenvalue weighted by Gasteiger charge is -2.16. The predicted molar refractivity (Wildman–Crippen MR) is 60.6 cm³/mol. The number of unbranched alkanes of at least 4 members (excludes halogenated alkanes) is 2. The van der Waals surface area contributed by atoms with Gasteiger partial charge in [0.05, 0.1) is 0 Å². The van der Waals surface area contributed by atoms with E-state index in [1.165, 1.54) is 5.54 Å². The van der Waals surface area contributed by atoms with Gasteiger partial charge in [0, 0.05) is 0 Å². The number of nitrogens with one attached hydrogen (secondary N) is 1. The second-order valence-electron chi connectivity index (χ2n) is 3.96. The molecule has 0 saturated carbocycles. The molecule has 3 N–H and O–H groups in total. The SMILES string of the molecule is CB(O)N(C)CCCCCC(NF)C(=O)O. The van der Waals surface area contributed by atoms with Crippen LogP contribution in [0, 0.1) is 0 Å². The van der Waals surface area contributed by atoms with Crippen molar-refractivity contribution in [1.29, 1.82) is 0 Å². The molecule has 0 saturated heterocycles. The van der Waals surface area contributed by atoms with Crippen LogP contribution in [0.4, 0.5) is 4.48 Å². The maximum atomic E-state index is 12.0. The zero-order chi connectivity index (χ0) is 12.6. The van der Waals surface area contributed by atoms with E-state index in [1.807, 2.05) is 7.05 Å². The van der Waals surface area contributed by atoms with Gasteiger partial charge in [-0.1, -0.05) is 12.8 Å². The van der Waals surface area contributed by atoms with Crippen molar-refractivity contribution in [2.24, 2.45) is 0 Å². The molecule has 1 atom stereocenters. The summed E-state index contributed by atoms with van der Waals surface area (Å²) in [6, 6.07) is -1.10. The molecule has 0 aliphatic rings. The average Bonchev–Trinajstić information content (AvgIpc) is 2.22. The third kappa shape index (κ3) is 6.76. The molecule has 0 aromatic carbocycles. The van der Waals surface area contributed by atoms with Crippen LogP contribution < -0.4 is 5.54 Å². The van der Waals surface area contributed by atoms with Crippen LogP contribution in [0.2, 0.25) is 6.82 Å². The molecule has 7 heteroatoms. The lowest BCUT2D eigenvalue weighted by molar-refractivity contribution is -0.141. The Morgan fingerprint density at radius 3 is 2.56 bits per heavy atom. The van der Waals surface area contributed by atoms with Crippen molar-refractivity contribution < 1.29 is 19.4 Å². The van der Waals surface area contributed by atoms with Crippen LogP contribution >= 0.6 is 0 Å². The molecule has 1 unspecified atom stereocenters. The molecule has 0 radical (unpaired) electrons. The van der Waals surface area contributed by atoms with Crippen LogP contribution in [-0.4, -0.2) is 47.6 Å². The smallest absolute Gasteiger partial charge is 0.376 e. The number of hydrogen-bond acceptors (Lipinski definition) is 4. The molecule has 0 rings (SSSR count). The largest absolute Gasteiger partial charge is 0.480 e. The fraction of sp³-hybridized carbons (Fsp3) is 0.889. The molecule has 16 heavy (non-hydrogen) atoms. The zero-order valence-electron chi connectivity index (χ0n) is 9.82. The standard InChI is InChI=1S/C9H20BFN2O3/c1-10(16)13(2)7-5-3-4-6-8(12-11)9(14)15/h8,12,16H,3-7H2,1-2H3,(H,14,15). The van der Waals surface area contributed by atoms with Gasteiger partial charge in [-0.2, -0.15) is 0 Å². The number of rotatable bonds is 9. The van der Waals surface area contributed by atoms with Gasteiger partial charge >= 0.3 is 13.0 Å². The van der Waals surface area contributed by atoms with E-state index in [-0.39, 0.29) is 6.42 Å². The molecule has 0 fully saturated rings. The Balaban J connectivity index is 3.49. The molecule has 0 heterocycles. The van der Waals surface area contributed by atoms with Gasteiger partial charge in [-0.3, -0.25) is 4.79 Å². The minimum atomic E-state index is -1.16. The first-order chi connectivity index (χ1) is 7.49. The molecule has 0 spiro atoms. The van der Waals surface area contributed by atoms with Gasteiger partial charge in [0.25, 0.3) is 0 Å². The normalized spacial score (nSPS) is 12.8. The van der Waals surface area contributed by atoms with E-state index in [0.717, 1.165) is 19.4 Å². The molecule has 5 nitrogen and oxygen atoms in total. The lowest BCUT2D eigenvalue weighted by atomic mass is 9.85. The summed E-state index contributed by atoms with van der Waals surface area (Å²) in [5.41, 5.74) is 1.27. The maximum Gasteiger partial charge on any atom is 0.376 e. The molecular formula is C9H20BFN2O3. The van der Waals surface area contributed by atoms with Crippen molar-refractivity contribution in [3.05, 3.63) is 0 Å². The Kier molecular flexibility index (Phi) is 8.14. The Labute approximate surface area is 95.7 Å². The van der Waals surface area contributed by atoms with E-state index >= 15 is 0 Å². The van der Waals surface area contributed by atoms with E-state index in [1.54, 1.807) is 11.6 Å². The summed E-state index contributed by atoms with van der Waals surface area (Å²) in [4.78, 5) is 12.2. The number of nitrogens with zero attached hydrogens (tertiary/aromatic N) is 1. The van der Waals surface area contributed by atoms with Crippen LogP contribution in [0.3, 0.4) is 0 Å². The Hall–Kier alpha value is -0.655. The average molecular weight is 234 g/mol. The number of aliphatic carboxylic acids is 1. The fourth-order valence-corrected chi connectivity index (χ4v) is 1.30. The topological polar surface area (TPSA) is 72.8 Å². The molecule has 0 bridgehead atoms. The van der Waals surface area contributed by atoms with Gasteiger partial charge in [0.1, 0.15) is 6.04 Å². The first-order valence-corrected chi connectivity index (χ1v) is 5.46. The third-order valence-corrected chi connectivity index (χ3v) is 2.57. The summed E-state index contributed by atoms with van der Waals surface area (Å²) < 4.78 is 12.0. The van der Waals surface area contributed by atoms with Gasteiger partial charge < -0.3 is 14.9 Å². The Morgan fingerprint density at radius 2 is 2.12 bits per heavy atom. The summed E-state index contributed by atoms with van der Waals surface area (Å²) in [5, 5.41) is 17.7. The van der Waals surface area contributed by atoms with Gasteiger partial charge in [-0.15, -0.1) is 10.0 Å². The van der Waals surface area contributed by atoms with Crippen molar-refractivity contribution in [1.82, 2.24) is 10.3 Å². The first-order valence-electron chi connectivity index (χ1n) is 5.46.